The minimum atomic E-state index is -0.187. The number of hydrogen-bond donors (Lipinski definition) is 0. The molecule has 0 spiro atoms. The van der Waals surface area contributed by atoms with Gasteiger partial charge in [-0.1, -0.05) is 37.1 Å². The molecule has 2 aromatic rings. The molecule has 0 radical (unpaired) electrons. The Kier molecular flexibility index (Phi) is 7.56. The van der Waals surface area contributed by atoms with Crippen LogP contribution in [-0.4, -0.2) is 70.1 Å². The lowest BCUT2D eigenvalue weighted by Crippen LogP contribution is -2.50. The van der Waals surface area contributed by atoms with Gasteiger partial charge in [-0.05, 0) is 44.4 Å². The number of rotatable bonds is 7. The molecule has 2 aliphatic heterocycles. The van der Waals surface area contributed by atoms with E-state index in [1.54, 1.807) is 34.9 Å². The molecule has 1 atom stereocenters. The Morgan fingerprint density at radius 3 is 2.50 bits per heavy atom. The zero-order chi connectivity index (χ0) is 24.2. The number of esters is 1. The van der Waals surface area contributed by atoms with Gasteiger partial charge < -0.3 is 14.5 Å². The van der Waals surface area contributed by atoms with E-state index in [0.717, 1.165) is 24.1 Å². The van der Waals surface area contributed by atoms with Gasteiger partial charge in [-0.25, -0.2) is 0 Å². The minimum absolute atomic E-state index is 0.0149. The van der Waals surface area contributed by atoms with Gasteiger partial charge in [-0.15, -0.1) is 0 Å². The lowest BCUT2D eigenvalue weighted by atomic mass is 9.97. The Bertz CT molecular complexity index is 1040. The van der Waals surface area contributed by atoms with Crippen LogP contribution in [0.4, 0.5) is 0 Å². The van der Waals surface area contributed by atoms with Gasteiger partial charge in [0, 0.05) is 30.2 Å². The van der Waals surface area contributed by atoms with E-state index in [2.05, 4.69) is 6.92 Å². The van der Waals surface area contributed by atoms with Crippen molar-refractivity contribution in [3.8, 4) is 11.3 Å². The van der Waals surface area contributed by atoms with Gasteiger partial charge >= 0.3 is 5.97 Å². The number of nitrogens with zero attached hydrogens (tertiary/aromatic N) is 4. The van der Waals surface area contributed by atoms with Crippen molar-refractivity contribution in [2.45, 2.75) is 45.6 Å². The standard InChI is InChI=1S/C25H31ClN4O4/c1-3-5-20-15-29(16-23(31)28-12-10-18(11-13-28)25(33)34-4-2)24(32)22-14-21(27-30(20)22)17-6-8-19(26)9-7-17/h6-9,14,18,20H,3-5,10-13,15-16H2,1-2H3. The fourth-order valence-electron chi connectivity index (χ4n) is 4.74. The highest BCUT2D eigenvalue weighted by Crippen LogP contribution is 2.29. The van der Waals surface area contributed by atoms with Gasteiger partial charge in [-0.3, -0.25) is 19.1 Å². The van der Waals surface area contributed by atoms with Crippen LogP contribution in [0.5, 0.6) is 0 Å². The maximum Gasteiger partial charge on any atom is 0.309 e. The lowest BCUT2D eigenvalue weighted by Gasteiger charge is -2.36. The average molecular weight is 487 g/mol. The van der Waals surface area contributed by atoms with Gasteiger partial charge in [0.25, 0.3) is 5.91 Å². The Hall–Kier alpha value is -2.87. The summed E-state index contributed by atoms with van der Waals surface area (Å²) in [4.78, 5) is 41.7. The first kappa shape index (κ1) is 24.3. The van der Waals surface area contributed by atoms with E-state index in [4.69, 9.17) is 21.4 Å². The third-order valence-corrected chi connectivity index (χ3v) is 6.83. The molecule has 4 rings (SSSR count). The first-order valence-electron chi connectivity index (χ1n) is 12.0. The van der Waals surface area contributed by atoms with Crippen LogP contribution in [0, 0.1) is 5.92 Å². The average Bonchev–Trinajstić information content (AvgIpc) is 3.29. The highest BCUT2D eigenvalue weighted by Gasteiger charge is 2.35. The number of ether oxygens (including phenoxy) is 1. The van der Waals surface area contributed by atoms with Crippen molar-refractivity contribution in [3.05, 3.63) is 41.0 Å². The fraction of sp³-hybridized carbons (Fsp3) is 0.520. The summed E-state index contributed by atoms with van der Waals surface area (Å²) in [6, 6.07) is 9.19. The maximum absolute atomic E-state index is 13.3. The van der Waals surface area contributed by atoms with Crippen LogP contribution < -0.4 is 0 Å². The normalized spacial score (nSPS) is 18.7. The van der Waals surface area contributed by atoms with E-state index in [1.807, 2.05) is 16.8 Å². The molecular weight excluding hydrogens is 456 g/mol. The van der Waals surface area contributed by atoms with Crippen LogP contribution in [-0.2, 0) is 14.3 Å². The number of halogens is 1. The number of fused-ring (bicyclic) bond motifs is 1. The zero-order valence-corrected chi connectivity index (χ0v) is 20.5. The molecule has 3 heterocycles. The molecule has 1 aromatic carbocycles. The third-order valence-electron chi connectivity index (χ3n) is 6.57. The lowest BCUT2D eigenvalue weighted by molar-refractivity contribution is -0.151. The van der Waals surface area contributed by atoms with Gasteiger partial charge in [0.1, 0.15) is 12.2 Å². The van der Waals surface area contributed by atoms with Crippen LogP contribution in [0.3, 0.4) is 0 Å². The summed E-state index contributed by atoms with van der Waals surface area (Å²) in [6.07, 6.45) is 2.98. The Morgan fingerprint density at radius 1 is 1.15 bits per heavy atom. The number of amides is 2. The largest absolute Gasteiger partial charge is 0.466 e. The summed E-state index contributed by atoms with van der Waals surface area (Å²) >= 11 is 6.01. The molecule has 9 heteroatoms. The number of carbonyl (C=O) groups is 3. The van der Waals surface area contributed by atoms with Crippen LogP contribution in [0.15, 0.2) is 30.3 Å². The van der Waals surface area contributed by atoms with Crippen LogP contribution in [0.1, 0.15) is 56.1 Å². The number of aromatic nitrogens is 2. The van der Waals surface area contributed by atoms with Crippen molar-refractivity contribution < 1.29 is 19.1 Å². The summed E-state index contributed by atoms with van der Waals surface area (Å²) in [7, 11) is 0. The van der Waals surface area contributed by atoms with Gasteiger partial charge in [0.15, 0.2) is 0 Å². The van der Waals surface area contributed by atoms with Crippen molar-refractivity contribution >= 4 is 29.4 Å². The second-order valence-corrected chi connectivity index (χ2v) is 9.34. The van der Waals surface area contributed by atoms with Crippen LogP contribution in [0.2, 0.25) is 5.02 Å². The number of benzene rings is 1. The van der Waals surface area contributed by atoms with Crippen molar-refractivity contribution in [1.29, 1.82) is 0 Å². The van der Waals surface area contributed by atoms with E-state index in [9.17, 15) is 14.4 Å². The topological polar surface area (TPSA) is 84.7 Å². The molecule has 1 saturated heterocycles. The molecular formula is C25H31ClN4O4. The van der Waals surface area contributed by atoms with Gasteiger partial charge in [0.05, 0.1) is 24.3 Å². The fourth-order valence-corrected chi connectivity index (χ4v) is 4.87. The Morgan fingerprint density at radius 2 is 1.85 bits per heavy atom. The van der Waals surface area contributed by atoms with E-state index in [1.165, 1.54) is 0 Å². The predicted molar refractivity (Wildman–Crippen MR) is 128 cm³/mol. The summed E-state index contributed by atoms with van der Waals surface area (Å²) in [5.74, 6) is -0.616. The summed E-state index contributed by atoms with van der Waals surface area (Å²) < 4.78 is 6.93. The third kappa shape index (κ3) is 5.12. The van der Waals surface area contributed by atoms with Crippen LogP contribution in [0.25, 0.3) is 11.3 Å². The van der Waals surface area contributed by atoms with Crippen molar-refractivity contribution in [2.75, 3.05) is 32.8 Å². The van der Waals surface area contributed by atoms with Crippen molar-refractivity contribution in [2.24, 2.45) is 5.92 Å². The molecule has 1 aromatic heterocycles. The number of hydrogen-bond acceptors (Lipinski definition) is 5. The highest BCUT2D eigenvalue weighted by molar-refractivity contribution is 6.30. The van der Waals surface area contributed by atoms with Crippen molar-refractivity contribution in [1.82, 2.24) is 19.6 Å². The molecule has 2 amide bonds. The monoisotopic (exact) mass is 486 g/mol. The number of piperidine rings is 1. The molecule has 0 saturated carbocycles. The molecule has 0 N–H and O–H groups in total. The molecule has 182 valence electrons. The first-order valence-corrected chi connectivity index (χ1v) is 12.4. The van der Waals surface area contributed by atoms with E-state index in [0.29, 0.717) is 49.8 Å². The molecule has 0 bridgehead atoms. The molecule has 0 aliphatic carbocycles. The Labute approximate surface area is 204 Å². The quantitative estimate of drug-likeness (QED) is 0.556. The first-order chi connectivity index (χ1) is 16.4. The summed E-state index contributed by atoms with van der Waals surface area (Å²) in [6.45, 7) is 5.75. The molecule has 2 aliphatic rings. The SMILES string of the molecule is CCCC1CN(CC(=O)N2CCC(C(=O)OCC)CC2)C(=O)c2cc(-c3ccc(Cl)cc3)nn21. The molecule has 1 fully saturated rings. The number of carbonyl (C=O) groups excluding carboxylic acids is 3. The van der Waals surface area contributed by atoms with E-state index in [-0.39, 0.29) is 36.3 Å². The van der Waals surface area contributed by atoms with Gasteiger partial charge in [0.2, 0.25) is 5.91 Å². The number of likely N-dealkylation sites (tertiary alicyclic amines) is 1. The zero-order valence-electron chi connectivity index (χ0n) is 19.7. The second kappa shape index (κ2) is 10.6. The van der Waals surface area contributed by atoms with E-state index < -0.39 is 0 Å². The summed E-state index contributed by atoms with van der Waals surface area (Å²) in [5.41, 5.74) is 2.11. The Balaban J connectivity index is 1.46. The maximum atomic E-state index is 13.3. The molecule has 1 unspecified atom stereocenters. The molecule has 34 heavy (non-hydrogen) atoms. The smallest absolute Gasteiger partial charge is 0.309 e. The minimum Gasteiger partial charge on any atom is -0.466 e. The second-order valence-electron chi connectivity index (χ2n) is 8.90. The summed E-state index contributed by atoms with van der Waals surface area (Å²) in [5, 5.41) is 5.37. The van der Waals surface area contributed by atoms with Crippen LogP contribution >= 0.6 is 11.6 Å². The van der Waals surface area contributed by atoms with E-state index >= 15 is 0 Å². The predicted octanol–water partition coefficient (Wildman–Crippen LogP) is 3.80. The highest BCUT2D eigenvalue weighted by atomic mass is 35.5. The molecule has 8 nitrogen and oxygen atoms in total. The van der Waals surface area contributed by atoms with Crippen molar-refractivity contribution in [3.63, 3.8) is 0 Å². The van der Waals surface area contributed by atoms with Gasteiger partial charge in [-0.2, -0.15) is 5.10 Å².